The molecule has 7 heteroatoms. The van der Waals surface area contributed by atoms with E-state index in [9.17, 15) is 9.59 Å². The second-order valence-electron chi connectivity index (χ2n) is 6.69. The lowest BCUT2D eigenvalue weighted by Gasteiger charge is -2.28. The maximum Gasteiger partial charge on any atom is 0.316 e. The van der Waals surface area contributed by atoms with Crippen LogP contribution in [0.25, 0.3) is 0 Å². The summed E-state index contributed by atoms with van der Waals surface area (Å²) in [5.41, 5.74) is 6.72. The first-order valence-corrected chi connectivity index (χ1v) is 8.62. The van der Waals surface area contributed by atoms with E-state index >= 15 is 0 Å². The van der Waals surface area contributed by atoms with Gasteiger partial charge in [-0.3, -0.25) is 4.79 Å². The summed E-state index contributed by atoms with van der Waals surface area (Å²) >= 11 is 0. The maximum absolute atomic E-state index is 12.3. The molecule has 1 aromatic rings. The molecule has 140 valence electrons. The summed E-state index contributed by atoms with van der Waals surface area (Å²) in [6.07, 6.45) is 2.95. The third-order valence-corrected chi connectivity index (χ3v) is 4.70. The Morgan fingerprint density at radius 1 is 1.28 bits per heavy atom. The second-order valence-corrected chi connectivity index (χ2v) is 6.69. The minimum atomic E-state index is -0.588. The van der Waals surface area contributed by atoms with Crippen molar-refractivity contribution in [1.29, 1.82) is 0 Å². The van der Waals surface area contributed by atoms with Gasteiger partial charge >= 0.3 is 6.03 Å². The first kappa shape index (κ1) is 21.3. The molecule has 2 rings (SSSR count). The Balaban J connectivity index is 0.00000312. The number of primary amides is 1. The predicted molar refractivity (Wildman–Crippen MR) is 103 cm³/mol. The Bertz CT molecular complexity index is 559. The number of hydrogen-bond acceptors (Lipinski definition) is 3. The number of benzene rings is 1. The molecule has 0 spiro atoms. The van der Waals surface area contributed by atoms with Crippen LogP contribution in [0.3, 0.4) is 0 Å². The zero-order valence-corrected chi connectivity index (χ0v) is 15.7. The summed E-state index contributed by atoms with van der Waals surface area (Å²) in [6.45, 7) is 6.22. The fourth-order valence-corrected chi connectivity index (χ4v) is 3.20. The topological polar surface area (TPSA) is 96.2 Å². The summed E-state index contributed by atoms with van der Waals surface area (Å²) in [6, 6.07) is 6.65. The second kappa shape index (κ2) is 10.3. The Kier molecular flexibility index (Phi) is 8.72. The summed E-state index contributed by atoms with van der Waals surface area (Å²) in [7, 11) is 0. The number of hydrogen-bond donors (Lipinski definition) is 4. The zero-order valence-electron chi connectivity index (χ0n) is 14.9. The Hall–Kier alpha value is -1.79. The molecule has 6 nitrogen and oxygen atoms in total. The van der Waals surface area contributed by atoms with Crippen LogP contribution >= 0.6 is 12.4 Å². The van der Waals surface area contributed by atoms with Crippen LogP contribution in [0.1, 0.15) is 44.7 Å². The monoisotopic (exact) mass is 368 g/mol. The van der Waals surface area contributed by atoms with Crippen LogP contribution in [0.4, 0.5) is 10.5 Å². The van der Waals surface area contributed by atoms with Gasteiger partial charge in [-0.15, -0.1) is 12.4 Å². The first-order valence-electron chi connectivity index (χ1n) is 8.62. The molecule has 1 heterocycles. The van der Waals surface area contributed by atoms with Crippen LogP contribution in [0, 0.1) is 11.8 Å². The van der Waals surface area contributed by atoms with E-state index in [1.807, 2.05) is 19.1 Å². The lowest BCUT2D eigenvalue weighted by Crippen LogP contribution is -2.36. The molecule has 0 saturated carbocycles. The average molecular weight is 369 g/mol. The van der Waals surface area contributed by atoms with Gasteiger partial charge in [0, 0.05) is 12.1 Å². The molecular formula is C18H29ClN4O2. The SMILES string of the molecule is CC(NC(=O)CC(C)C1CCCNC1)c1ccc(NC(N)=O)cc1.Cl. The predicted octanol–water partition coefficient (Wildman–Crippen LogP) is 2.80. The highest BCUT2D eigenvalue weighted by Gasteiger charge is 2.22. The van der Waals surface area contributed by atoms with Crippen LogP contribution in [-0.4, -0.2) is 25.0 Å². The summed E-state index contributed by atoms with van der Waals surface area (Å²) in [5, 5.41) is 8.98. The summed E-state index contributed by atoms with van der Waals surface area (Å²) in [4.78, 5) is 23.1. The number of amides is 3. The van der Waals surface area contributed by atoms with E-state index in [4.69, 9.17) is 5.73 Å². The van der Waals surface area contributed by atoms with Crippen LogP contribution in [0.5, 0.6) is 0 Å². The quantitative estimate of drug-likeness (QED) is 0.621. The number of nitrogens with two attached hydrogens (primary N) is 1. The van der Waals surface area contributed by atoms with Gasteiger partial charge < -0.3 is 21.7 Å². The number of urea groups is 1. The first-order chi connectivity index (χ1) is 11.5. The van der Waals surface area contributed by atoms with Crippen LogP contribution in [-0.2, 0) is 4.79 Å². The molecule has 1 saturated heterocycles. The molecule has 0 aliphatic carbocycles. The van der Waals surface area contributed by atoms with E-state index in [0.29, 0.717) is 23.9 Å². The van der Waals surface area contributed by atoms with E-state index in [1.165, 1.54) is 12.8 Å². The van der Waals surface area contributed by atoms with Gasteiger partial charge in [0.05, 0.1) is 6.04 Å². The Labute approximate surface area is 155 Å². The van der Waals surface area contributed by atoms with Crippen molar-refractivity contribution in [2.45, 2.75) is 39.2 Å². The highest BCUT2D eigenvalue weighted by molar-refractivity contribution is 5.87. The molecule has 0 radical (unpaired) electrons. The van der Waals surface area contributed by atoms with Crippen molar-refractivity contribution in [3.63, 3.8) is 0 Å². The molecule has 0 aromatic heterocycles. The molecule has 1 aliphatic heterocycles. The van der Waals surface area contributed by atoms with Crippen molar-refractivity contribution in [2.75, 3.05) is 18.4 Å². The Morgan fingerprint density at radius 3 is 2.52 bits per heavy atom. The molecule has 1 fully saturated rings. The maximum atomic E-state index is 12.3. The van der Waals surface area contributed by atoms with Gasteiger partial charge in [-0.05, 0) is 62.4 Å². The van der Waals surface area contributed by atoms with Gasteiger partial charge in [0.15, 0.2) is 0 Å². The molecule has 0 bridgehead atoms. The van der Waals surface area contributed by atoms with E-state index < -0.39 is 6.03 Å². The lowest BCUT2D eigenvalue weighted by molar-refractivity contribution is -0.123. The fourth-order valence-electron chi connectivity index (χ4n) is 3.20. The normalized spacial score (nSPS) is 19.2. The molecule has 1 aliphatic rings. The van der Waals surface area contributed by atoms with Crippen molar-refractivity contribution in [1.82, 2.24) is 10.6 Å². The lowest BCUT2D eigenvalue weighted by atomic mass is 9.85. The average Bonchev–Trinajstić information content (AvgIpc) is 2.55. The molecule has 3 unspecified atom stereocenters. The van der Waals surface area contributed by atoms with Gasteiger partial charge in [-0.25, -0.2) is 4.79 Å². The number of anilines is 1. The standard InChI is InChI=1S/C18H28N4O2.ClH/c1-12(15-4-3-9-20-11-15)10-17(23)21-13(2)14-5-7-16(8-6-14)22-18(19)24;/h5-8,12-13,15,20H,3-4,9-11H2,1-2H3,(H,21,23)(H3,19,22,24);1H. The highest BCUT2D eigenvalue weighted by Crippen LogP contribution is 2.23. The third-order valence-electron chi connectivity index (χ3n) is 4.70. The van der Waals surface area contributed by atoms with Crippen molar-refractivity contribution in [2.24, 2.45) is 17.6 Å². The van der Waals surface area contributed by atoms with Gasteiger partial charge in [0.1, 0.15) is 0 Å². The van der Waals surface area contributed by atoms with Crippen molar-refractivity contribution in [3.05, 3.63) is 29.8 Å². The number of piperidine rings is 1. The number of nitrogens with one attached hydrogen (secondary N) is 3. The van der Waals surface area contributed by atoms with Gasteiger partial charge in [0.2, 0.25) is 5.91 Å². The number of carbonyl (C=O) groups excluding carboxylic acids is 2. The smallest absolute Gasteiger partial charge is 0.316 e. The molecule has 5 N–H and O–H groups in total. The van der Waals surface area contributed by atoms with Gasteiger partial charge in [0.25, 0.3) is 0 Å². The van der Waals surface area contributed by atoms with Gasteiger partial charge in [-0.1, -0.05) is 19.1 Å². The largest absolute Gasteiger partial charge is 0.351 e. The third kappa shape index (κ3) is 6.92. The van der Waals surface area contributed by atoms with Gasteiger partial charge in [-0.2, -0.15) is 0 Å². The number of rotatable bonds is 6. The van der Waals surface area contributed by atoms with Crippen molar-refractivity contribution >= 4 is 30.0 Å². The highest BCUT2D eigenvalue weighted by atomic mass is 35.5. The molecule has 3 amide bonds. The van der Waals surface area contributed by atoms with Crippen LogP contribution in [0.15, 0.2) is 24.3 Å². The van der Waals surface area contributed by atoms with E-state index in [0.717, 1.165) is 18.7 Å². The molecular weight excluding hydrogens is 340 g/mol. The number of halogens is 1. The van der Waals surface area contributed by atoms with Crippen molar-refractivity contribution in [3.8, 4) is 0 Å². The molecule has 1 aromatic carbocycles. The number of carbonyl (C=O) groups is 2. The summed E-state index contributed by atoms with van der Waals surface area (Å²) in [5.74, 6) is 1.05. The van der Waals surface area contributed by atoms with Crippen LogP contribution in [0.2, 0.25) is 0 Å². The van der Waals surface area contributed by atoms with Crippen molar-refractivity contribution < 1.29 is 9.59 Å². The zero-order chi connectivity index (χ0) is 17.5. The Morgan fingerprint density at radius 2 is 1.96 bits per heavy atom. The minimum absolute atomic E-state index is 0. The van der Waals surface area contributed by atoms with E-state index in [-0.39, 0.29) is 24.4 Å². The minimum Gasteiger partial charge on any atom is -0.351 e. The van der Waals surface area contributed by atoms with E-state index in [1.54, 1.807) is 12.1 Å². The summed E-state index contributed by atoms with van der Waals surface area (Å²) < 4.78 is 0. The fraction of sp³-hybridized carbons (Fsp3) is 0.556. The molecule has 3 atom stereocenters. The van der Waals surface area contributed by atoms with Crippen LogP contribution < -0.4 is 21.7 Å². The van der Waals surface area contributed by atoms with E-state index in [2.05, 4.69) is 22.9 Å². The molecule has 25 heavy (non-hydrogen) atoms.